The smallest absolute Gasteiger partial charge is 0.339 e. The molecule has 0 N–H and O–H groups in total. The zero-order chi connectivity index (χ0) is 18.0. The van der Waals surface area contributed by atoms with Gasteiger partial charge in [-0.05, 0) is 24.3 Å². The second kappa shape index (κ2) is 6.68. The molecule has 1 aromatic heterocycles. The fraction of sp³-hybridized carbons (Fsp3) is 0.176. The molecule has 9 heteroatoms. The summed E-state index contributed by atoms with van der Waals surface area (Å²) in [4.78, 5) is 3.86. The quantitative estimate of drug-likeness (QED) is 0.647. The summed E-state index contributed by atoms with van der Waals surface area (Å²) in [6.07, 6.45) is 3.64. The lowest BCUT2D eigenvalue weighted by molar-refractivity contribution is 0.296. The van der Waals surface area contributed by atoms with Crippen molar-refractivity contribution in [2.75, 3.05) is 13.2 Å². The summed E-state index contributed by atoms with van der Waals surface area (Å²) in [6.45, 7) is 1.00. The minimum absolute atomic E-state index is 0.00657. The molecule has 0 bridgehead atoms. The predicted molar refractivity (Wildman–Crippen MR) is 91.2 cm³/mol. The van der Waals surface area contributed by atoms with Crippen LogP contribution in [-0.2, 0) is 10.1 Å². The Labute approximate surface area is 150 Å². The third kappa shape index (κ3) is 3.33. The zero-order valence-electron chi connectivity index (χ0n) is 13.6. The van der Waals surface area contributed by atoms with Crippen molar-refractivity contribution >= 4 is 10.1 Å². The predicted octanol–water partition coefficient (Wildman–Crippen LogP) is 2.20. The topological polar surface area (TPSA) is 92.5 Å². The van der Waals surface area contributed by atoms with E-state index in [1.807, 2.05) is 0 Å². The third-order valence-corrected chi connectivity index (χ3v) is 4.96. The van der Waals surface area contributed by atoms with E-state index in [-0.39, 0.29) is 10.6 Å². The van der Waals surface area contributed by atoms with Crippen molar-refractivity contribution in [1.82, 2.24) is 14.8 Å². The number of fused-ring (bicyclic) bond motifs is 1. The molecule has 2 heterocycles. The van der Waals surface area contributed by atoms with Crippen molar-refractivity contribution in [2.45, 2.75) is 11.3 Å². The molecule has 0 aliphatic carbocycles. The number of hydrogen-bond acceptors (Lipinski definition) is 7. The Morgan fingerprint density at radius 1 is 1.04 bits per heavy atom. The van der Waals surface area contributed by atoms with Crippen LogP contribution in [-0.4, -0.2) is 36.4 Å². The number of benzene rings is 2. The van der Waals surface area contributed by atoms with E-state index in [0.717, 1.165) is 6.42 Å². The van der Waals surface area contributed by atoms with Gasteiger partial charge in [0.15, 0.2) is 11.5 Å². The Balaban J connectivity index is 1.62. The number of rotatable bonds is 4. The van der Waals surface area contributed by atoms with Crippen molar-refractivity contribution < 1.29 is 22.1 Å². The van der Waals surface area contributed by atoms with Gasteiger partial charge in [0.25, 0.3) is 0 Å². The summed E-state index contributed by atoms with van der Waals surface area (Å²) in [6, 6.07) is 11.0. The van der Waals surface area contributed by atoms with Crippen LogP contribution in [0, 0.1) is 0 Å². The van der Waals surface area contributed by atoms with Gasteiger partial charge in [0.2, 0.25) is 0 Å². The zero-order valence-corrected chi connectivity index (χ0v) is 14.4. The van der Waals surface area contributed by atoms with Gasteiger partial charge in [0, 0.05) is 18.6 Å². The second-order valence-electron chi connectivity index (χ2n) is 5.53. The van der Waals surface area contributed by atoms with E-state index in [0.29, 0.717) is 30.4 Å². The highest BCUT2D eigenvalue weighted by atomic mass is 32.2. The van der Waals surface area contributed by atoms with E-state index in [1.54, 1.807) is 30.3 Å². The van der Waals surface area contributed by atoms with Crippen LogP contribution < -0.4 is 13.7 Å². The van der Waals surface area contributed by atoms with Crippen LogP contribution in [0.1, 0.15) is 6.42 Å². The number of aromatic nitrogens is 3. The molecule has 0 fully saturated rings. The molecule has 1 aliphatic heterocycles. The van der Waals surface area contributed by atoms with E-state index >= 15 is 0 Å². The molecule has 1 aliphatic rings. The normalized spacial score (nSPS) is 13.8. The monoisotopic (exact) mass is 373 g/mol. The lowest BCUT2D eigenvalue weighted by Crippen LogP contribution is -2.10. The van der Waals surface area contributed by atoms with Crippen molar-refractivity contribution in [3.05, 3.63) is 55.1 Å². The highest BCUT2D eigenvalue weighted by Gasteiger charge is 2.21. The van der Waals surface area contributed by atoms with Crippen LogP contribution in [0.2, 0.25) is 0 Å². The molecular formula is C17H15N3O5S. The SMILES string of the molecule is O=S(=O)(Oc1cccc(-n2cncn2)c1)c1ccc2c(c1)OCCCO2. The fourth-order valence-corrected chi connectivity index (χ4v) is 3.43. The lowest BCUT2D eigenvalue weighted by atomic mass is 10.3. The van der Waals surface area contributed by atoms with E-state index < -0.39 is 10.1 Å². The first-order chi connectivity index (χ1) is 12.6. The largest absolute Gasteiger partial charge is 0.490 e. The van der Waals surface area contributed by atoms with Gasteiger partial charge in [0.1, 0.15) is 23.3 Å². The van der Waals surface area contributed by atoms with Crippen LogP contribution in [0.3, 0.4) is 0 Å². The Hall–Kier alpha value is -3.07. The van der Waals surface area contributed by atoms with Crippen molar-refractivity contribution in [3.63, 3.8) is 0 Å². The van der Waals surface area contributed by atoms with Gasteiger partial charge in [-0.1, -0.05) is 6.07 Å². The Bertz CT molecular complexity index is 1020. The molecule has 3 aromatic rings. The third-order valence-electron chi connectivity index (χ3n) is 3.71. The molecule has 134 valence electrons. The highest BCUT2D eigenvalue weighted by Crippen LogP contribution is 2.32. The standard InChI is InChI=1S/C17H15N3O5S/c21-26(22,15-5-6-16-17(10-15)24-8-2-7-23-16)25-14-4-1-3-13(9-14)20-12-18-11-19-20/h1,3-6,9-12H,2,7-8H2. The van der Waals surface area contributed by atoms with Gasteiger partial charge < -0.3 is 13.7 Å². The van der Waals surface area contributed by atoms with Gasteiger partial charge in [-0.3, -0.25) is 0 Å². The number of ether oxygens (including phenoxy) is 2. The fourth-order valence-electron chi connectivity index (χ4n) is 2.49. The summed E-state index contributed by atoms with van der Waals surface area (Å²) < 4.78 is 43.1. The summed E-state index contributed by atoms with van der Waals surface area (Å²) in [5.41, 5.74) is 0.633. The molecule has 0 unspecified atom stereocenters. The van der Waals surface area contributed by atoms with Crippen molar-refractivity contribution in [2.24, 2.45) is 0 Å². The average Bonchev–Trinajstić information content (AvgIpc) is 3.07. The molecule has 4 rings (SSSR count). The van der Waals surface area contributed by atoms with Crippen LogP contribution in [0.15, 0.2) is 60.0 Å². The lowest BCUT2D eigenvalue weighted by Gasteiger charge is -2.11. The Kier molecular flexibility index (Phi) is 4.21. The number of hydrogen-bond donors (Lipinski definition) is 0. The minimum atomic E-state index is -4.03. The van der Waals surface area contributed by atoms with E-state index in [4.69, 9.17) is 13.7 Å². The van der Waals surface area contributed by atoms with E-state index in [1.165, 1.54) is 29.5 Å². The molecular weight excluding hydrogens is 358 g/mol. The van der Waals surface area contributed by atoms with Crippen molar-refractivity contribution in [3.8, 4) is 22.9 Å². The molecule has 0 saturated carbocycles. The van der Waals surface area contributed by atoms with Crippen LogP contribution in [0.25, 0.3) is 5.69 Å². The molecule has 26 heavy (non-hydrogen) atoms. The first-order valence-electron chi connectivity index (χ1n) is 7.91. The van der Waals surface area contributed by atoms with E-state index in [2.05, 4.69) is 10.1 Å². The first-order valence-corrected chi connectivity index (χ1v) is 9.32. The molecule has 8 nitrogen and oxygen atoms in total. The highest BCUT2D eigenvalue weighted by molar-refractivity contribution is 7.87. The molecule has 0 saturated heterocycles. The Morgan fingerprint density at radius 3 is 2.69 bits per heavy atom. The maximum Gasteiger partial charge on any atom is 0.339 e. The summed E-state index contributed by atoms with van der Waals surface area (Å²) in [5, 5.41) is 4.01. The van der Waals surface area contributed by atoms with Gasteiger partial charge >= 0.3 is 10.1 Å². The summed E-state index contributed by atoms with van der Waals surface area (Å²) in [5.74, 6) is 1.09. The van der Waals surface area contributed by atoms with Crippen LogP contribution in [0.4, 0.5) is 0 Å². The van der Waals surface area contributed by atoms with Crippen LogP contribution >= 0.6 is 0 Å². The molecule has 0 atom stereocenters. The van der Waals surface area contributed by atoms with Crippen molar-refractivity contribution in [1.29, 1.82) is 0 Å². The molecule has 0 spiro atoms. The average molecular weight is 373 g/mol. The van der Waals surface area contributed by atoms with Gasteiger partial charge in [-0.2, -0.15) is 13.5 Å². The maximum absolute atomic E-state index is 12.6. The summed E-state index contributed by atoms with van der Waals surface area (Å²) in [7, 11) is -4.03. The second-order valence-corrected chi connectivity index (χ2v) is 7.08. The maximum atomic E-state index is 12.6. The number of nitrogens with zero attached hydrogens (tertiary/aromatic N) is 3. The van der Waals surface area contributed by atoms with Gasteiger partial charge in [-0.25, -0.2) is 9.67 Å². The minimum Gasteiger partial charge on any atom is -0.490 e. The Morgan fingerprint density at radius 2 is 1.88 bits per heavy atom. The molecule has 0 radical (unpaired) electrons. The molecule has 0 amide bonds. The van der Waals surface area contributed by atoms with E-state index in [9.17, 15) is 8.42 Å². The summed E-state index contributed by atoms with van der Waals surface area (Å²) >= 11 is 0. The van der Waals surface area contributed by atoms with Gasteiger partial charge in [0.05, 0.1) is 18.9 Å². The molecule has 2 aromatic carbocycles. The van der Waals surface area contributed by atoms with Gasteiger partial charge in [-0.15, -0.1) is 0 Å². The van der Waals surface area contributed by atoms with Crippen LogP contribution in [0.5, 0.6) is 17.2 Å². The first kappa shape index (κ1) is 16.4.